The molecule has 2 rings (SSSR count). The van der Waals surface area contributed by atoms with Gasteiger partial charge in [-0.25, -0.2) is 0 Å². The molecule has 0 spiro atoms. The minimum absolute atomic E-state index is 0.184. The molecular formula is C14H20N2O. The maximum atomic E-state index is 11.3. The molecule has 1 aromatic rings. The first-order valence-corrected chi connectivity index (χ1v) is 6.32. The Kier molecular flexibility index (Phi) is 4.15. The van der Waals surface area contributed by atoms with Crippen molar-refractivity contribution in [2.24, 2.45) is 11.7 Å². The molecule has 0 saturated heterocycles. The average molecular weight is 232 g/mol. The highest BCUT2D eigenvalue weighted by atomic mass is 16.1. The fraction of sp³-hybridized carbons (Fsp3) is 0.500. The first kappa shape index (κ1) is 12.1. The largest absolute Gasteiger partial charge is 0.368 e. The number of primary amides is 1. The lowest BCUT2D eigenvalue weighted by atomic mass is 10.1. The lowest BCUT2D eigenvalue weighted by molar-refractivity contribution is -0.120. The van der Waals surface area contributed by atoms with E-state index < -0.39 is 0 Å². The Hall–Kier alpha value is -1.35. The van der Waals surface area contributed by atoms with Gasteiger partial charge in [-0.05, 0) is 24.3 Å². The van der Waals surface area contributed by atoms with E-state index in [-0.39, 0.29) is 11.9 Å². The molecule has 0 radical (unpaired) electrons. The van der Waals surface area contributed by atoms with Crippen molar-refractivity contribution < 1.29 is 4.79 Å². The quantitative estimate of drug-likeness (QED) is 0.753. The number of nitrogens with one attached hydrogen (secondary N) is 1. The summed E-state index contributed by atoms with van der Waals surface area (Å²) in [6.07, 6.45) is 4.64. The molecule has 1 aliphatic rings. The van der Waals surface area contributed by atoms with E-state index in [2.05, 4.69) is 5.32 Å². The van der Waals surface area contributed by atoms with Crippen LogP contribution in [-0.4, -0.2) is 11.9 Å². The van der Waals surface area contributed by atoms with Crippen LogP contribution in [0.1, 0.15) is 31.2 Å². The smallest absolute Gasteiger partial charge is 0.234 e. The number of nitrogens with two attached hydrogens (primary N) is 1. The SMILES string of the molecule is NC(=O)C(CCC1CC1)NCc1ccccc1. The Morgan fingerprint density at radius 3 is 2.65 bits per heavy atom. The van der Waals surface area contributed by atoms with Gasteiger partial charge in [0.15, 0.2) is 0 Å². The van der Waals surface area contributed by atoms with E-state index in [0.29, 0.717) is 6.54 Å². The summed E-state index contributed by atoms with van der Waals surface area (Å²) in [6, 6.07) is 9.90. The fourth-order valence-corrected chi connectivity index (χ4v) is 1.99. The third kappa shape index (κ3) is 4.19. The summed E-state index contributed by atoms with van der Waals surface area (Å²) >= 11 is 0. The standard InChI is InChI=1S/C14H20N2O/c15-14(17)13(9-8-11-6-7-11)16-10-12-4-2-1-3-5-12/h1-5,11,13,16H,6-10H2,(H2,15,17). The van der Waals surface area contributed by atoms with Crippen LogP contribution in [0.15, 0.2) is 30.3 Å². The van der Waals surface area contributed by atoms with Gasteiger partial charge < -0.3 is 11.1 Å². The Labute approximate surface area is 102 Å². The van der Waals surface area contributed by atoms with E-state index in [1.165, 1.54) is 18.4 Å². The Morgan fingerprint density at radius 1 is 1.35 bits per heavy atom. The zero-order chi connectivity index (χ0) is 12.1. The molecule has 3 heteroatoms. The Morgan fingerprint density at radius 2 is 2.06 bits per heavy atom. The molecule has 1 unspecified atom stereocenters. The van der Waals surface area contributed by atoms with E-state index in [1.54, 1.807) is 0 Å². The zero-order valence-electron chi connectivity index (χ0n) is 10.1. The molecule has 1 aliphatic carbocycles. The van der Waals surface area contributed by atoms with Gasteiger partial charge in [-0.3, -0.25) is 4.79 Å². The molecule has 3 N–H and O–H groups in total. The van der Waals surface area contributed by atoms with Gasteiger partial charge in [0.2, 0.25) is 5.91 Å². The molecule has 1 fully saturated rings. The molecule has 0 aromatic heterocycles. The molecule has 0 aliphatic heterocycles. The predicted octanol–water partition coefficient (Wildman–Crippen LogP) is 1.82. The topological polar surface area (TPSA) is 55.1 Å². The van der Waals surface area contributed by atoms with Gasteiger partial charge in [-0.1, -0.05) is 43.2 Å². The van der Waals surface area contributed by atoms with Crippen molar-refractivity contribution >= 4 is 5.91 Å². The van der Waals surface area contributed by atoms with Crippen LogP contribution in [0.2, 0.25) is 0 Å². The van der Waals surface area contributed by atoms with E-state index in [9.17, 15) is 4.79 Å². The summed E-state index contributed by atoms with van der Waals surface area (Å²) in [5, 5.41) is 3.24. The van der Waals surface area contributed by atoms with Crippen LogP contribution in [0.25, 0.3) is 0 Å². The van der Waals surface area contributed by atoms with Gasteiger partial charge in [0, 0.05) is 6.54 Å². The Bertz CT molecular complexity index is 360. The number of amides is 1. The van der Waals surface area contributed by atoms with Crippen molar-refractivity contribution in [3.63, 3.8) is 0 Å². The van der Waals surface area contributed by atoms with Crippen molar-refractivity contribution in [3.8, 4) is 0 Å². The van der Waals surface area contributed by atoms with Crippen LogP contribution in [-0.2, 0) is 11.3 Å². The van der Waals surface area contributed by atoms with Crippen LogP contribution in [0.3, 0.4) is 0 Å². The average Bonchev–Trinajstić information content (AvgIpc) is 3.14. The number of hydrogen-bond acceptors (Lipinski definition) is 2. The maximum Gasteiger partial charge on any atom is 0.234 e. The van der Waals surface area contributed by atoms with E-state index >= 15 is 0 Å². The van der Waals surface area contributed by atoms with Crippen LogP contribution in [0.5, 0.6) is 0 Å². The summed E-state index contributed by atoms with van der Waals surface area (Å²) in [5.41, 5.74) is 6.59. The van der Waals surface area contributed by atoms with Crippen LogP contribution >= 0.6 is 0 Å². The second-order valence-electron chi connectivity index (χ2n) is 4.84. The molecule has 0 bridgehead atoms. The van der Waals surface area contributed by atoms with Gasteiger partial charge in [0.1, 0.15) is 0 Å². The van der Waals surface area contributed by atoms with E-state index in [4.69, 9.17) is 5.73 Å². The van der Waals surface area contributed by atoms with Crippen LogP contribution in [0.4, 0.5) is 0 Å². The second kappa shape index (κ2) is 5.82. The third-order valence-corrected chi connectivity index (χ3v) is 3.30. The zero-order valence-corrected chi connectivity index (χ0v) is 10.1. The number of carbonyl (C=O) groups is 1. The van der Waals surface area contributed by atoms with Gasteiger partial charge in [0.25, 0.3) is 0 Å². The summed E-state index contributed by atoms with van der Waals surface area (Å²) in [6.45, 7) is 0.707. The minimum atomic E-state index is -0.235. The van der Waals surface area contributed by atoms with Crippen molar-refractivity contribution in [2.75, 3.05) is 0 Å². The van der Waals surface area contributed by atoms with Crippen LogP contribution < -0.4 is 11.1 Å². The van der Waals surface area contributed by atoms with Crippen molar-refractivity contribution in [1.82, 2.24) is 5.32 Å². The third-order valence-electron chi connectivity index (χ3n) is 3.30. The predicted molar refractivity (Wildman–Crippen MR) is 68.2 cm³/mol. The van der Waals surface area contributed by atoms with Gasteiger partial charge >= 0.3 is 0 Å². The second-order valence-corrected chi connectivity index (χ2v) is 4.84. The molecule has 3 nitrogen and oxygen atoms in total. The van der Waals surface area contributed by atoms with Crippen molar-refractivity contribution in [1.29, 1.82) is 0 Å². The fourth-order valence-electron chi connectivity index (χ4n) is 1.99. The molecular weight excluding hydrogens is 212 g/mol. The first-order valence-electron chi connectivity index (χ1n) is 6.32. The normalized spacial score (nSPS) is 16.7. The first-order chi connectivity index (χ1) is 8.25. The highest BCUT2D eigenvalue weighted by Crippen LogP contribution is 2.33. The highest BCUT2D eigenvalue weighted by Gasteiger charge is 2.24. The van der Waals surface area contributed by atoms with Gasteiger partial charge in [-0.2, -0.15) is 0 Å². The van der Waals surface area contributed by atoms with Crippen LogP contribution in [0, 0.1) is 5.92 Å². The Balaban J connectivity index is 1.78. The molecule has 1 aromatic carbocycles. The van der Waals surface area contributed by atoms with Crippen molar-refractivity contribution in [3.05, 3.63) is 35.9 Å². The van der Waals surface area contributed by atoms with Gasteiger partial charge in [-0.15, -0.1) is 0 Å². The van der Waals surface area contributed by atoms with Crippen molar-refractivity contribution in [2.45, 2.75) is 38.3 Å². The number of hydrogen-bond donors (Lipinski definition) is 2. The maximum absolute atomic E-state index is 11.3. The number of benzene rings is 1. The molecule has 1 amide bonds. The molecule has 92 valence electrons. The number of rotatable bonds is 7. The lowest BCUT2D eigenvalue weighted by Crippen LogP contribution is -2.40. The number of carbonyl (C=O) groups excluding carboxylic acids is 1. The summed E-state index contributed by atoms with van der Waals surface area (Å²) < 4.78 is 0. The summed E-state index contributed by atoms with van der Waals surface area (Å²) in [5.74, 6) is 0.608. The summed E-state index contributed by atoms with van der Waals surface area (Å²) in [4.78, 5) is 11.3. The van der Waals surface area contributed by atoms with E-state index in [1.807, 2.05) is 30.3 Å². The monoisotopic (exact) mass is 232 g/mol. The highest BCUT2D eigenvalue weighted by molar-refractivity contribution is 5.79. The molecule has 1 atom stereocenters. The van der Waals surface area contributed by atoms with Gasteiger partial charge in [0.05, 0.1) is 6.04 Å². The lowest BCUT2D eigenvalue weighted by Gasteiger charge is -2.15. The molecule has 1 saturated carbocycles. The van der Waals surface area contributed by atoms with E-state index in [0.717, 1.165) is 18.8 Å². The summed E-state index contributed by atoms with van der Waals surface area (Å²) in [7, 11) is 0. The molecule has 17 heavy (non-hydrogen) atoms. The molecule has 0 heterocycles. The minimum Gasteiger partial charge on any atom is -0.368 e.